The third kappa shape index (κ3) is 3.47. The van der Waals surface area contributed by atoms with E-state index < -0.39 is 0 Å². The number of nitrogens with two attached hydrogens (primary N) is 1. The molecule has 1 aliphatic rings. The fraction of sp³-hybridized carbons (Fsp3) is 0.600. The van der Waals surface area contributed by atoms with Crippen LogP contribution in [0.2, 0.25) is 5.02 Å². The van der Waals surface area contributed by atoms with Gasteiger partial charge in [-0.1, -0.05) is 55.8 Å². The zero-order valence-electron chi connectivity index (χ0n) is 11.1. The van der Waals surface area contributed by atoms with E-state index in [0.717, 1.165) is 22.9 Å². The van der Waals surface area contributed by atoms with Crippen molar-refractivity contribution in [2.24, 2.45) is 11.8 Å². The minimum absolute atomic E-state index is 0.254. The second kappa shape index (κ2) is 6.55. The van der Waals surface area contributed by atoms with E-state index in [4.69, 9.17) is 17.4 Å². The van der Waals surface area contributed by atoms with Crippen LogP contribution in [0.25, 0.3) is 0 Å². The second-order valence-corrected chi connectivity index (χ2v) is 5.87. The van der Waals surface area contributed by atoms with Gasteiger partial charge in [0.25, 0.3) is 0 Å². The molecule has 0 aliphatic heterocycles. The molecule has 1 aromatic carbocycles. The highest BCUT2D eigenvalue weighted by atomic mass is 35.5. The Balaban J connectivity index is 2.04. The molecule has 1 aromatic rings. The molecule has 18 heavy (non-hydrogen) atoms. The van der Waals surface area contributed by atoms with Crippen molar-refractivity contribution < 1.29 is 0 Å². The summed E-state index contributed by atoms with van der Waals surface area (Å²) in [6.45, 7) is 2.04. The van der Waals surface area contributed by atoms with Crippen molar-refractivity contribution in [1.82, 2.24) is 5.43 Å². The molecule has 100 valence electrons. The van der Waals surface area contributed by atoms with Crippen molar-refractivity contribution in [3.05, 3.63) is 34.3 Å². The average Bonchev–Trinajstić information content (AvgIpc) is 2.40. The molecule has 0 saturated heterocycles. The number of rotatable bonds is 4. The van der Waals surface area contributed by atoms with Gasteiger partial charge < -0.3 is 0 Å². The van der Waals surface area contributed by atoms with E-state index in [9.17, 15) is 0 Å². The van der Waals surface area contributed by atoms with Gasteiger partial charge in [0, 0.05) is 11.1 Å². The van der Waals surface area contributed by atoms with E-state index in [-0.39, 0.29) is 6.04 Å². The van der Waals surface area contributed by atoms with Gasteiger partial charge in [0.05, 0.1) is 0 Å². The Hall–Kier alpha value is -0.570. The Kier molecular flexibility index (Phi) is 5.04. The fourth-order valence-corrected chi connectivity index (χ4v) is 3.06. The summed E-state index contributed by atoms with van der Waals surface area (Å²) in [5, 5.41) is 0.826. The van der Waals surface area contributed by atoms with Crippen molar-refractivity contribution >= 4 is 11.6 Å². The lowest BCUT2D eigenvalue weighted by atomic mass is 9.83. The highest BCUT2D eigenvalue weighted by Crippen LogP contribution is 2.32. The van der Waals surface area contributed by atoms with Crippen LogP contribution in [-0.4, -0.2) is 0 Å². The van der Waals surface area contributed by atoms with E-state index in [2.05, 4.69) is 17.6 Å². The molecule has 3 N–H and O–H groups in total. The number of aryl methyl sites for hydroxylation is 1. The van der Waals surface area contributed by atoms with E-state index in [1.165, 1.54) is 37.7 Å². The molecule has 1 unspecified atom stereocenters. The number of benzene rings is 1. The van der Waals surface area contributed by atoms with Crippen LogP contribution in [0.15, 0.2) is 18.2 Å². The van der Waals surface area contributed by atoms with E-state index in [0.29, 0.717) is 0 Å². The number of nitrogens with one attached hydrogen (secondary N) is 1. The maximum Gasteiger partial charge on any atom is 0.0462 e. The molecular weight excluding hydrogens is 244 g/mol. The molecule has 1 saturated carbocycles. The summed E-state index contributed by atoms with van der Waals surface area (Å²) < 4.78 is 0. The molecule has 0 spiro atoms. The van der Waals surface area contributed by atoms with Crippen molar-refractivity contribution in [3.8, 4) is 0 Å². The normalized spacial score (nSPS) is 18.8. The molecule has 2 rings (SSSR count). The van der Waals surface area contributed by atoms with E-state index in [1.807, 2.05) is 13.0 Å². The maximum atomic E-state index is 6.07. The first-order chi connectivity index (χ1) is 8.70. The molecule has 0 aromatic heterocycles. The minimum atomic E-state index is 0.254. The maximum absolute atomic E-state index is 6.07. The predicted molar refractivity (Wildman–Crippen MR) is 77.4 cm³/mol. The Bertz CT molecular complexity index is 386. The van der Waals surface area contributed by atoms with Crippen LogP contribution in [0.1, 0.15) is 55.7 Å². The summed E-state index contributed by atoms with van der Waals surface area (Å²) in [5.41, 5.74) is 5.35. The van der Waals surface area contributed by atoms with Crippen molar-refractivity contribution in [2.75, 3.05) is 0 Å². The highest BCUT2D eigenvalue weighted by molar-refractivity contribution is 6.31. The number of hydrogen-bond acceptors (Lipinski definition) is 2. The highest BCUT2D eigenvalue weighted by Gasteiger charge is 2.19. The van der Waals surface area contributed by atoms with Crippen molar-refractivity contribution in [1.29, 1.82) is 0 Å². The van der Waals surface area contributed by atoms with Gasteiger partial charge in [-0.25, -0.2) is 0 Å². The Morgan fingerprint density at radius 2 is 2.06 bits per heavy atom. The molecule has 0 heterocycles. The second-order valence-electron chi connectivity index (χ2n) is 5.47. The van der Waals surface area contributed by atoms with E-state index >= 15 is 0 Å². The third-order valence-corrected chi connectivity index (χ3v) is 4.50. The van der Waals surface area contributed by atoms with Gasteiger partial charge in [-0.15, -0.1) is 0 Å². The van der Waals surface area contributed by atoms with Gasteiger partial charge in [0.2, 0.25) is 0 Å². The van der Waals surface area contributed by atoms with Crippen molar-refractivity contribution in [3.63, 3.8) is 0 Å². The molecule has 0 amide bonds. The Labute approximate surface area is 115 Å². The summed E-state index contributed by atoms with van der Waals surface area (Å²) in [6, 6.07) is 6.46. The third-order valence-electron chi connectivity index (χ3n) is 4.08. The van der Waals surface area contributed by atoms with Gasteiger partial charge in [-0.3, -0.25) is 11.3 Å². The van der Waals surface area contributed by atoms with Crippen LogP contribution < -0.4 is 11.3 Å². The first-order valence-corrected chi connectivity index (χ1v) is 7.30. The largest absolute Gasteiger partial charge is 0.271 e. The molecule has 1 fully saturated rings. The number of hydrogen-bond donors (Lipinski definition) is 2. The molecule has 0 bridgehead atoms. The zero-order valence-corrected chi connectivity index (χ0v) is 11.8. The summed E-state index contributed by atoms with van der Waals surface area (Å²) in [4.78, 5) is 0. The molecule has 1 atom stereocenters. The summed E-state index contributed by atoms with van der Waals surface area (Å²) in [5.74, 6) is 6.54. The zero-order chi connectivity index (χ0) is 13.0. The van der Waals surface area contributed by atoms with Gasteiger partial charge in [0.15, 0.2) is 0 Å². The topological polar surface area (TPSA) is 38.0 Å². The first kappa shape index (κ1) is 13.9. The number of hydrazine groups is 1. The lowest BCUT2D eigenvalue weighted by Crippen LogP contribution is -2.30. The summed E-state index contributed by atoms with van der Waals surface area (Å²) >= 11 is 6.07. The van der Waals surface area contributed by atoms with Gasteiger partial charge in [-0.05, 0) is 36.5 Å². The summed E-state index contributed by atoms with van der Waals surface area (Å²) in [7, 11) is 0. The molecule has 1 aliphatic carbocycles. The smallest absolute Gasteiger partial charge is 0.0462 e. The van der Waals surface area contributed by atoms with Crippen LogP contribution in [0.3, 0.4) is 0 Å². The average molecular weight is 267 g/mol. The molecule has 2 nitrogen and oxygen atoms in total. The SMILES string of the molecule is Cc1cc(C(CC2CCCCC2)NN)ccc1Cl. The van der Waals surface area contributed by atoms with Crippen LogP contribution in [0.5, 0.6) is 0 Å². The lowest BCUT2D eigenvalue weighted by Gasteiger charge is -2.26. The predicted octanol–water partition coefficient (Wildman–Crippen LogP) is 4.12. The van der Waals surface area contributed by atoms with E-state index in [1.54, 1.807) is 0 Å². The lowest BCUT2D eigenvalue weighted by molar-refractivity contribution is 0.301. The Morgan fingerprint density at radius 1 is 1.33 bits per heavy atom. The van der Waals surface area contributed by atoms with Crippen LogP contribution in [0.4, 0.5) is 0 Å². The van der Waals surface area contributed by atoms with Gasteiger partial charge in [0.1, 0.15) is 0 Å². The van der Waals surface area contributed by atoms with Crippen LogP contribution in [-0.2, 0) is 0 Å². The quantitative estimate of drug-likeness (QED) is 0.635. The van der Waals surface area contributed by atoms with Crippen molar-refractivity contribution in [2.45, 2.75) is 51.5 Å². The first-order valence-electron chi connectivity index (χ1n) is 6.93. The van der Waals surface area contributed by atoms with Gasteiger partial charge >= 0.3 is 0 Å². The Morgan fingerprint density at radius 3 is 2.67 bits per heavy atom. The minimum Gasteiger partial charge on any atom is -0.271 e. The summed E-state index contributed by atoms with van der Waals surface area (Å²) in [6.07, 6.45) is 7.99. The standard InChI is InChI=1S/C15H23ClN2/c1-11-9-13(7-8-14(11)16)15(18-17)10-12-5-3-2-4-6-12/h7-9,12,15,18H,2-6,10,17H2,1H3. The number of halogens is 1. The van der Waals surface area contributed by atoms with Gasteiger partial charge in [-0.2, -0.15) is 0 Å². The monoisotopic (exact) mass is 266 g/mol. The molecule has 3 heteroatoms. The molecule has 0 radical (unpaired) electrons. The van der Waals surface area contributed by atoms with Crippen LogP contribution in [0, 0.1) is 12.8 Å². The molecular formula is C15H23ClN2. The van der Waals surface area contributed by atoms with Crippen LogP contribution >= 0.6 is 11.6 Å². The fourth-order valence-electron chi connectivity index (χ4n) is 2.94.